The molecule has 4 nitrogen and oxygen atoms in total. The van der Waals surface area contributed by atoms with Crippen molar-refractivity contribution in [1.82, 2.24) is 5.32 Å². The summed E-state index contributed by atoms with van der Waals surface area (Å²) in [6.45, 7) is 1.58. The Labute approximate surface area is 53.5 Å². The maximum absolute atomic E-state index is 9.88. The standard InChI is InChI=1S/C5H11NO3/c1-4(3-7)6-2-5(8)9/h4,6-7H,2-3H2,1H3,(H,8,9)/t4-/m0/s1. The number of carboxylic acids is 1. The first kappa shape index (κ1) is 8.39. The summed E-state index contributed by atoms with van der Waals surface area (Å²) >= 11 is 0. The molecule has 0 aromatic heterocycles. The Morgan fingerprint density at radius 2 is 2.33 bits per heavy atom. The smallest absolute Gasteiger partial charge is 0.317 e. The molecule has 0 aliphatic rings. The summed E-state index contributed by atoms with van der Waals surface area (Å²) in [6.07, 6.45) is 0. The van der Waals surface area contributed by atoms with Crippen LogP contribution in [-0.4, -0.2) is 35.4 Å². The molecule has 0 aliphatic carbocycles. The van der Waals surface area contributed by atoms with Crippen LogP contribution in [0.2, 0.25) is 0 Å². The van der Waals surface area contributed by atoms with E-state index in [4.69, 9.17) is 10.2 Å². The molecular weight excluding hydrogens is 122 g/mol. The highest BCUT2D eigenvalue weighted by Crippen LogP contribution is 1.75. The van der Waals surface area contributed by atoms with Gasteiger partial charge in [0.2, 0.25) is 0 Å². The molecule has 9 heavy (non-hydrogen) atoms. The topological polar surface area (TPSA) is 69.6 Å². The van der Waals surface area contributed by atoms with Crippen LogP contribution in [-0.2, 0) is 4.79 Å². The van der Waals surface area contributed by atoms with E-state index in [1.165, 1.54) is 0 Å². The number of hydrogen-bond acceptors (Lipinski definition) is 3. The summed E-state index contributed by atoms with van der Waals surface area (Å²) in [5.74, 6) is -0.907. The molecule has 3 N–H and O–H groups in total. The molecule has 0 unspecified atom stereocenters. The van der Waals surface area contributed by atoms with E-state index in [0.717, 1.165) is 0 Å². The van der Waals surface area contributed by atoms with Crippen molar-refractivity contribution in [3.05, 3.63) is 0 Å². The predicted octanol–water partition coefficient (Wildman–Crippen LogP) is -0.959. The Morgan fingerprint density at radius 3 is 2.67 bits per heavy atom. The van der Waals surface area contributed by atoms with Gasteiger partial charge < -0.3 is 15.5 Å². The van der Waals surface area contributed by atoms with Crippen molar-refractivity contribution in [2.24, 2.45) is 0 Å². The third-order valence-corrected chi connectivity index (χ3v) is 0.876. The molecule has 4 heteroatoms. The Hall–Kier alpha value is -0.610. The Bertz CT molecular complexity index is 94.2. The van der Waals surface area contributed by atoms with Crippen LogP contribution in [0, 0.1) is 0 Å². The van der Waals surface area contributed by atoms with Crippen LogP contribution in [0.4, 0.5) is 0 Å². The monoisotopic (exact) mass is 133 g/mol. The second-order valence-corrected chi connectivity index (χ2v) is 1.86. The van der Waals surface area contributed by atoms with Crippen LogP contribution in [0.25, 0.3) is 0 Å². The third-order valence-electron chi connectivity index (χ3n) is 0.876. The predicted molar refractivity (Wildman–Crippen MR) is 32.2 cm³/mol. The number of aliphatic hydroxyl groups excluding tert-OH is 1. The highest BCUT2D eigenvalue weighted by atomic mass is 16.4. The van der Waals surface area contributed by atoms with E-state index in [1.807, 2.05) is 0 Å². The average Bonchev–Trinajstić information content (AvgIpc) is 1.83. The third kappa shape index (κ3) is 5.26. The summed E-state index contributed by atoms with van der Waals surface area (Å²) in [5, 5.41) is 19.1. The highest BCUT2D eigenvalue weighted by Gasteiger charge is 2.00. The SMILES string of the molecule is C[C@@H](CO)NCC(=O)O. The zero-order valence-corrected chi connectivity index (χ0v) is 5.29. The van der Waals surface area contributed by atoms with Crippen molar-refractivity contribution in [3.63, 3.8) is 0 Å². The normalized spacial score (nSPS) is 13.1. The van der Waals surface area contributed by atoms with Crippen molar-refractivity contribution in [2.75, 3.05) is 13.2 Å². The fourth-order valence-electron chi connectivity index (χ4n) is 0.326. The molecule has 0 aromatic rings. The molecule has 0 rings (SSSR count). The largest absolute Gasteiger partial charge is 0.480 e. The number of hydrogen-bond donors (Lipinski definition) is 3. The lowest BCUT2D eigenvalue weighted by molar-refractivity contribution is -0.136. The Kier molecular flexibility index (Phi) is 4.00. The second-order valence-electron chi connectivity index (χ2n) is 1.86. The van der Waals surface area contributed by atoms with E-state index in [1.54, 1.807) is 6.92 Å². The fraction of sp³-hybridized carbons (Fsp3) is 0.800. The van der Waals surface area contributed by atoms with E-state index >= 15 is 0 Å². The minimum Gasteiger partial charge on any atom is -0.480 e. The van der Waals surface area contributed by atoms with Gasteiger partial charge in [-0.2, -0.15) is 0 Å². The zero-order valence-electron chi connectivity index (χ0n) is 5.29. The Morgan fingerprint density at radius 1 is 1.78 bits per heavy atom. The summed E-state index contributed by atoms with van der Waals surface area (Å²) in [6, 6.07) is -0.138. The zero-order chi connectivity index (χ0) is 7.28. The lowest BCUT2D eigenvalue weighted by Crippen LogP contribution is -2.33. The van der Waals surface area contributed by atoms with Gasteiger partial charge in [-0.3, -0.25) is 4.79 Å². The number of carboxylic acid groups (broad SMARTS) is 1. The first-order valence-corrected chi connectivity index (χ1v) is 2.73. The van der Waals surface area contributed by atoms with Gasteiger partial charge in [-0.1, -0.05) is 0 Å². The molecule has 54 valence electrons. The van der Waals surface area contributed by atoms with Gasteiger partial charge in [0.05, 0.1) is 13.2 Å². The average molecular weight is 133 g/mol. The van der Waals surface area contributed by atoms with Crippen LogP contribution in [0.3, 0.4) is 0 Å². The second kappa shape index (κ2) is 4.29. The molecule has 0 saturated carbocycles. The fourth-order valence-corrected chi connectivity index (χ4v) is 0.326. The van der Waals surface area contributed by atoms with Gasteiger partial charge in [0.25, 0.3) is 0 Å². The number of carbonyl (C=O) groups is 1. The lowest BCUT2D eigenvalue weighted by Gasteiger charge is -2.06. The molecule has 0 aliphatic heterocycles. The minimum atomic E-state index is -0.907. The van der Waals surface area contributed by atoms with Crippen molar-refractivity contribution in [2.45, 2.75) is 13.0 Å². The summed E-state index contributed by atoms with van der Waals surface area (Å²) < 4.78 is 0. The van der Waals surface area contributed by atoms with Gasteiger partial charge in [0.1, 0.15) is 0 Å². The molecule has 0 aromatic carbocycles. The maximum atomic E-state index is 9.88. The van der Waals surface area contributed by atoms with Gasteiger partial charge in [-0.25, -0.2) is 0 Å². The molecule has 0 saturated heterocycles. The number of nitrogens with one attached hydrogen (secondary N) is 1. The number of aliphatic hydroxyl groups is 1. The molecular formula is C5H11NO3. The van der Waals surface area contributed by atoms with E-state index in [0.29, 0.717) is 0 Å². The number of rotatable bonds is 4. The van der Waals surface area contributed by atoms with Gasteiger partial charge in [0, 0.05) is 6.04 Å². The Balaban J connectivity index is 3.16. The molecule has 0 spiro atoms. The van der Waals surface area contributed by atoms with Gasteiger partial charge >= 0.3 is 5.97 Å². The summed E-state index contributed by atoms with van der Waals surface area (Å²) in [7, 11) is 0. The summed E-state index contributed by atoms with van der Waals surface area (Å²) in [5.41, 5.74) is 0. The van der Waals surface area contributed by atoms with Gasteiger partial charge in [-0.15, -0.1) is 0 Å². The van der Waals surface area contributed by atoms with Crippen molar-refractivity contribution >= 4 is 5.97 Å². The van der Waals surface area contributed by atoms with Crippen molar-refractivity contribution in [3.8, 4) is 0 Å². The molecule has 1 atom stereocenters. The maximum Gasteiger partial charge on any atom is 0.317 e. The molecule has 0 heterocycles. The molecule has 0 bridgehead atoms. The van der Waals surface area contributed by atoms with Crippen LogP contribution in [0.15, 0.2) is 0 Å². The van der Waals surface area contributed by atoms with E-state index in [9.17, 15) is 4.79 Å². The molecule has 0 amide bonds. The number of aliphatic carboxylic acids is 1. The van der Waals surface area contributed by atoms with E-state index < -0.39 is 5.97 Å². The minimum absolute atomic E-state index is 0.0344. The van der Waals surface area contributed by atoms with Crippen LogP contribution in [0.1, 0.15) is 6.92 Å². The first-order chi connectivity index (χ1) is 4.16. The van der Waals surface area contributed by atoms with Crippen molar-refractivity contribution in [1.29, 1.82) is 0 Å². The van der Waals surface area contributed by atoms with E-state index in [2.05, 4.69) is 5.32 Å². The summed E-state index contributed by atoms with van der Waals surface area (Å²) in [4.78, 5) is 9.88. The quantitative estimate of drug-likeness (QED) is 0.462. The molecule has 0 fully saturated rings. The first-order valence-electron chi connectivity index (χ1n) is 2.73. The van der Waals surface area contributed by atoms with Crippen LogP contribution in [0.5, 0.6) is 0 Å². The van der Waals surface area contributed by atoms with Crippen LogP contribution < -0.4 is 5.32 Å². The molecule has 0 radical (unpaired) electrons. The van der Waals surface area contributed by atoms with Crippen LogP contribution >= 0.6 is 0 Å². The lowest BCUT2D eigenvalue weighted by atomic mass is 10.4. The van der Waals surface area contributed by atoms with E-state index in [-0.39, 0.29) is 19.2 Å². The highest BCUT2D eigenvalue weighted by molar-refractivity contribution is 5.69. The van der Waals surface area contributed by atoms with Gasteiger partial charge in [-0.05, 0) is 6.92 Å². The van der Waals surface area contributed by atoms with Gasteiger partial charge in [0.15, 0.2) is 0 Å². The van der Waals surface area contributed by atoms with Crippen molar-refractivity contribution < 1.29 is 15.0 Å².